The van der Waals surface area contributed by atoms with Crippen molar-refractivity contribution in [2.45, 2.75) is 6.04 Å². The van der Waals surface area contributed by atoms with Crippen LogP contribution >= 0.6 is 0 Å². The number of hydrogen-bond donors (Lipinski definition) is 1. The molecule has 1 fully saturated rings. The van der Waals surface area contributed by atoms with Crippen LogP contribution in [0.4, 0.5) is 16.0 Å². The van der Waals surface area contributed by atoms with E-state index in [4.69, 9.17) is 0 Å². The molecule has 1 aliphatic heterocycles. The Morgan fingerprint density at radius 1 is 1.03 bits per heavy atom. The quantitative estimate of drug-likeness (QED) is 0.226. The molecule has 4 rings (SSSR count). The van der Waals surface area contributed by atoms with Crippen LogP contribution in [0.3, 0.4) is 0 Å². The first-order valence-electron chi connectivity index (χ1n) is 8.97. The molecule has 1 aliphatic rings. The Labute approximate surface area is 174 Å². The van der Waals surface area contributed by atoms with E-state index in [1.165, 1.54) is 54.9 Å². The van der Waals surface area contributed by atoms with Gasteiger partial charge >= 0.3 is 5.91 Å². The maximum absolute atomic E-state index is 13.3. The van der Waals surface area contributed by atoms with Gasteiger partial charge in [0, 0.05) is 30.1 Å². The third kappa shape index (κ3) is 3.50. The first-order valence-corrected chi connectivity index (χ1v) is 8.97. The van der Waals surface area contributed by atoms with Gasteiger partial charge < -0.3 is 5.11 Å². The predicted octanol–water partition coefficient (Wildman–Crippen LogP) is 3.15. The number of ketones is 1. The van der Waals surface area contributed by atoms with Gasteiger partial charge in [-0.15, -0.1) is 0 Å². The third-order valence-electron chi connectivity index (χ3n) is 4.75. The molecule has 2 heterocycles. The summed E-state index contributed by atoms with van der Waals surface area (Å²) in [6, 6.07) is 10.3. The maximum atomic E-state index is 13.3. The van der Waals surface area contributed by atoms with Crippen LogP contribution in [0.25, 0.3) is 5.76 Å². The van der Waals surface area contributed by atoms with Crippen LogP contribution in [0.15, 0.2) is 72.6 Å². The first-order chi connectivity index (χ1) is 14.9. The Morgan fingerprint density at radius 3 is 2.23 bits per heavy atom. The minimum atomic E-state index is -1.15. The van der Waals surface area contributed by atoms with E-state index in [1.54, 1.807) is 0 Å². The van der Waals surface area contributed by atoms with Crippen molar-refractivity contribution in [3.8, 4) is 0 Å². The third-order valence-corrected chi connectivity index (χ3v) is 4.75. The Morgan fingerprint density at radius 2 is 1.65 bits per heavy atom. The van der Waals surface area contributed by atoms with Crippen LogP contribution in [0, 0.1) is 15.9 Å². The number of halogens is 1. The summed E-state index contributed by atoms with van der Waals surface area (Å²) in [5, 5.41) is 21.8. The number of nitro benzene ring substituents is 1. The van der Waals surface area contributed by atoms with Crippen molar-refractivity contribution in [1.82, 2.24) is 9.97 Å². The number of hydrogen-bond acceptors (Lipinski definition) is 7. The summed E-state index contributed by atoms with van der Waals surface area (Å²) in [6.07, 6.45) is 2.77. The van der Waals surface area contributed by atoms with Crippen molar-refractivity contribution in [2.75, 3.05) is 4.90 Å². The van der Waals surface area contributed by atoms with E-state index in [9.17, 15) is 29.2 Å². The number of rotatable bonds is 4. The Bertz CT molecular complexity index is 1210. The van der Waals surface area contributed by atoms with E-state index in [0.29, 0.717) is 5.56 Å². The molecule has 9 nitrogen and oxygen atoms in total. The molecular weight excluding hydrogens is 407 g/mol. The average Bonchev–Trinajstić information content (AvgIpc) is 3.05. The number of anilines is 1. The van der Waals surface area contributed by atoms with Gasteiger partial charge in [-0.05, 0) is 48.0 Å². The normalized spacial score (nSPS) is 17.7. The van der Waals surface area contributed by atoms with Crippen LogP contribution in [-0.4, -0.2) is 31.7 Å². The lowest BCUT2D eigenvalue weighted by Gasteiger charge is -2.23. The fourth-order valence-corrected chi connectivity index (χ4v) is 3.31. The summed E-state index contributed by atoms with van der Waals surface area (Å²) < 4.78 is 13.3. The van der Waals surface area contributed by atoms with Gasteiger partial charge in [0.15, 0.2) is 0 Å². The molecule has 1 aromatic heterocycles. The lowest BCUT2D eigenvalue weighted by Crippen LogP contribution is -2.31. The fourth-order valence-electron chi connectivity index (χ4n) is 3.31. The smallest absolute Gasteiger partial charge is 0.302 e. The summed E-state index contributed by atoms with van der Waals surface area (Å²) in [6.45, 7) is 0. The number of benzene rings is 2. The Hall–Kier alpha value is -4.47. The van der Waals surface area contributed by atoms with E-state index in [1.807, 2.05) is 0 Å². The van der Waals surface area contributed by atoms with Gasteiger partial charge in [-0.2, -0.15) is 0 Å². The lowest BCUT2D eigenvalue weighted by molar-refractivity contribution is -0.384. The van der Waals surface area contributed by atoms with E-state index >= 15 is 0 Å². The molecule has 2 aromatic carbocycles. The molecule has 1 N–H and O–H groups in total. The zero-order valence-electron chi connectivity index (χ0n) is 15.7. The molecule has 0 aliphatic carbocycles. The van der Waals surface area contributed by atoms with Crippen LogP contribution in [0.2, 0.25) is 0 Å². The summed E-state index contributed by atoms with van der Waals surface area (Å²) >= 11 is 0. The average molecular weight is 420 g/mol. The maximum Gasteiger partial charge on any atom is 0.302 e. The number of nitro groups is 1. The van der Waals surface area contributed by atoms with Crippen molar-refractivity contribution >= 4 is 29.1 Å². The number of non-ortho nitro benzene ring substituents is 1. The first kappa shape index (κ1) is 19.8. The van der Waals surface area contributed by atoms with E-state index in [2.05, 4.69) is 9.97 Å². The number of aromatic nitrogens is 2. The molecule has 0 radical (unpaired) electrons. The van der Waals surface area contributed by atoms with Gasteiger partial charge in [0.2, 0.25) is 5.95 Å². The van der Waals surface area contributed by atoms with Crippen molar-refractivity contribution in [1.29, 1.82) is 0 Å². The van der Waals surface area contributed by atoms with Crippen molar-refractivity contribution in [3.05, 3.63) is 99.6 Å². The zero-order chi connectivity index (χ0) is 22.1. The highest BCUT2D eigenvalue weighted by Gasteiger charge is 2.48. The molecule has 0 bridgehead atoms. The van der Waals surface area contributed by atoms with Crippen LogP contribution in [-0.2, 0) is 9.59 Å². The molecule has 0 spiro atoms. The molecule has 31 heavy (non-hydrogen) atoms. The number of aliphatic hydroxyl groups is 1. The SMILES string of the molecule is O=C1C(=O)N(c2ncccn2)[C@H](c2ccc([N+](=O)[O-])cc2)/C1=C(\O)c1ccc(F)cc1. The standard InChI is InChI=1S/C21H13FN4O5/c22-14-6-2-13(3-7-14)18(27)16-17(12-4-8-15(9-5-12)26(30)31)25(20(29)19(16)28)21-23-10-1-11-24-21/h1-11,17,27H/b18-16+/t17-/m1/s1. The number of carbonyl (C=O) groups is 2. The van der Waals surface area contributed by atoms with Gasteiger partial charge in [-0.1, -0.05) is 0 Å². The number of carbonyl (C=O) groups excluding carboxylic acids is 2. The second kappa shape index (κ2) is 7.75. The zero-order valence-corrected chi connectivity index (χ0v) is 15.7. The topological polar surface area (TPSA) is 127 Å². The molecular formula is C21H13FN4O5. The number of Topliss-reactive ketones (excluding diaryl/α,β-unsaturated/α-hetero) is 1. The van der Waals surface area contributed by atoms with E-state index in [0.717, 1.165) is 17.0 Å². The predicted molar refractivity (Wildman–Crippen MR) is 106 cm³/mol. The van der Waals surface area contributed by atoms with Crippen molar-refractivity contribution < 1.29 is 24.0 Å². The molecule has 0 saturated carbocycles. The summed E-state index contributed by atoms with van der Waals surface area (Å²) in [4.78, 5) is 45.2. The van der Waals surface area contributed by atoms with Crippen LogP contribution < -0.4 is 4.90 Å². The molecule has 154 valence electrons. The minimum absolute atomic E-state index is 0.0777. The highest BCUT2D eigenvalue weighted by molar-refractivity contribution is 6.51. The molecule has 0 unspecified atom stereocenters. The highest BCUT2D eigenvalue weighted by atomic mass is 19.1. The fraction of sp³-hybridized carbons (Fsp3) is 0.0476. The highest BCUT2D eigenvalue weighted by Crippen LogP contribution is 2.41. The second-order valence-corrected chi connectivity index (χ2v) is 6.57. The van der Waals surface area contributed by atoms with Gasteiger partial charge in [0.25, 0.3) is 11.5 Å². The van der Waals surface area contributed by atoms with Gasteiger partial charge in [-0.25, -0.2) is 14.4 Å². The summed E-state index contributed by atoms with van der Waals surface area (Å²) in [5.74, 6) is -3.09. The van der Waals surface area contributed by atoms with Crippen LogP contribution in [0.1, 0.15) is 17.2 Å². The number of nitrogens with zero attached hydrogens (tertiary/aromatic N) is 4. The second-order valence-electron chi connectivity index (χ2n) is 6.57. The van der Waals surface area contributed by atoms with E-state index in [-0.39, 0.29) is 22.8 Å². The minimum Gasteiger partial charge on any atom is -0.507 e. The van der Waals surface area contributed by atoms with Gasteiger partial charge in [0.05, 0.1) is 16.5 Å². The summed E-state index contributed by atoms with van der Waals surface area (Å²) in [7, 11) is 0. The van der Waals surface area contributed by atoms with Crippen LogP contribution in [0.5, 0.6) is 0 Å². The largest absolute Gasteiger partial charge is 0.507 e. The number of aliphatic hydroxyl groups excluding tert-OH is 1. The Balaban J connectivity index is 1.92. The molecule has 10 heteroatoms. The lowest BCUT2D eigenvalue weighted by atomic mass is 9.95. The molecule has 1 saturated heterocycles. The number of amides is 1. The molecule has 3 aromatic rings. The van der Waals surface area contributed by atoms with E-state index < -0.39 is 34.2 Å². The summed E-state index contributed by atoms with van der Waals surface area (Å²) in [5.41, 5.74) is -0.00526. The van der Waals surface area contributed by atoms with Crippen molar-refractivity contribution in [2.24, 2.45) is 0 Å². The Kier molecular flexibility index (Phi) is 4.96. The molecule has 1 amide bonds. The monoisotopic (exact) mass is 420 g/mol. The van der Waals surface area contributed by atoms with Crippen molar-refractivity contribution in [3.63, 3.8) is 0 Å². The molecule has 1 atom stereocenters. The van der Waals surface area contributed by atoms with Gasteiger partial charge in [0.1, 0.15) is 11.6 Å². The van der Waals surface area contributed by atoms with Gasteiger partial charge in [-0.3, -0.25) is 24.6 Å².